The SMILES string of the molecule is CCOc1ccc([C@@H]2C(C(=O)OC(C)C)=C(C)N=c3s/c(=C/c4cc(OC)c(O)c(OC)c4)c(=O)n32)cc1. The molecule has 0 radical (unpaired) electrons. The van der Waals surface area contributed by atoms with Gasteiger partial charge in [0.25, 0.3) is 5.56 Å². The average molecular weight is 539 g/mol. The fourth-order valence-corrected chi connectivity index (χ4v) is 5.28. The van der Waals surface area contributed by atoms with Crippen LogP contribution in [-0.4, -0.2) is 42.6 Å². The van der Waals surface area contributed by atoms with E-state index in [-0.39, 0.29) is 28.9 Å². The normalized spacial score (nSPS) is 15.2. The summed E-state index contributed by atoms with van der Waals surface area (Å²) >= 11 is 1.20. The van der Waals surface area contributed by atoms with E-state index < -0.39 is 12.0 Å². The molecule has 200 valence electrons. The topological polar surface area (TPSA) is 109 Å². The molecule has 1 aliphatic rings. The Labute approximate surface area is 223 Å². The Morgan fingerprint density at radius 2 is 1.79 bits per heavy atom. The Bertz CT molecular complexity index is 1540. The molecule has 2 aromatic carbocycles. The molecular formula is C28H30N2O7S. The van der Waals surface area contributed by atoms with Gasteiger partial charge in [-0.05, 0) is 69.2 Å². The molecule has 10 heteroatoms. The number of allylic oxidation sites excluding steroid dienone is 1. The predicted octanol–water partition coefficient (Wildman–Crippen LogP) is 3.31. The van der Waals surface area contributed by atoms with Crippen molar-refractivity contribution in [2.24, 2.45) is 4.99 Å². The third kappa shape index (κ3) is 5.17. The molecule has 1 aliphatic heterocycles. The maximum absolute atomic E-state index is 13.8. The van der Waals surface area contributed by atoms with Crippen molar-refractivity contribution in [3.63, 3.8) is 0 Å². The van der Waals surface area contributed by atoms with Gasteiger partial charge in [-0.1, -0.05) is 23.5 Å². The number of carbonyl (C=O) groups is 1. The summed E-state index contributed by atoms with van der Waals surface area (Å²) in [6.07, 6.45) is 1.34. The van der Waals surface area contributed by atoms with Crippen molar-refractivity contribution >= 4 is 23.4 Å². The summed E-state index contributed by atoms with van der Waals surface area (Å²) < 4.78 is 23.5. The van der Waals surface area contributed by atoms with E-state index in [9.17, 15) is 14.7 Å². The van der Waals surface area contributed by atoms with Crippen LogP contribution >= 0.6 is 11.3 Å². The van der Waals surface area contributed by atoms with Gasteiger partial charge >= 0.3 is 5.97 Å². The van der Waals surface area contributed by atoms with E-state index in [1.165, 1.54) is 30.1 Å². The third-order valence-electron chi connectivity index (χ3n) is 5.89. The standard InChI is InChI=1S/C28H30N2O7S/c1-7-36-19-10-8-18(9-11-19)24-23(27(33)37-15(2)3)16(4)29-28-30(24)26(32)22(38-28)14-17-12-20(34-5)25(31)21(13-17)35-6/h8-15,24,31H,7H2,1-6H3/b22-14+/t24-/m1/s1. The lowest BCUT2D eigenvalue weighted by molar-refractivity contribution is -0.143. The van der Waals surface area contributed by atoms with Gasteiger partial charge in [-0.2, -0.15) is 0 Å². The van der Waals surface area contributed by atoms with Crippen molar-refractivity contribution in [3.8, 4) is 23.0 Å². The van der Waals surface area contributed by atoms with Gasteiger partial charge in [-0.15, -0.1) is 0 Å². The highest BCUT2D eigenvalue weighted by Crippen LogP contribution is 2.37. The van der Waals surface area contributed by atoms with Crippen LogP contribution in [0.3, 0.4) is 0 Å². The highest BCUT2D eigenvalue weighted by atomic mass is 32.1. The van der Waals surface area contributed by atoms with Crippen molar-refractivity contribution in [2.75, 3.05) is 20.8 Å². The van der Waals surface area contributed by atoms with Crippen LogP contribution in [0.4, 0.5) is 0 Å². The smallest absolute Gasteiger partial charge is 0.338 e. The van der Waals surface area contributed by atoms with Gasteiger partial charge < -0.3 is 24.1 Å². The van der Waals surface area contributed by atoms with Crippen LogP contribution in [0.15, 0.2) is 57.5 Å². The lowest BCUT2D eigenvalue weighted by atomic mass is 9.96. The highest BCUT2D eigenvalue weighted by Gasteiger charge is 2.33. The highest BCUT2D eigenvalue weighted by molar-refractivity contribution is 7.07. The largest absolute Gasteiger partial charge is 0.502 e. The number of hydrogen-bond acceptors (Lipinski definition) is 9. The molecule has 0 unspecified atom stereocenters. The van der Waals surface area contributed by atoms with Crippen molar-refractivity contribution in [3.05, 3.63) is 78.5 Å². The molecule has 1 atom stereocenters. The quantitative estimate of drug-likeness (QED) is 0.439. The summed E-state index contributed by atoms with van der Waals surface area (Å²) in [4.78, 5) is 32.1. The third-order valence-corrected chi connectivity index (χ3v) is 6.87. The first kappa shape index (κ1) is 27.0. The minimum Gasteiger partial charge on any atom is -0.502 e. The zero-order valence-corrected chi connectivity index (χ0v) is 22.9. The second-order valence-electron chi connectivity index (χ2n) is 8.81. The van der Waals surface area contributed by atoms with Crippen LogP contribution in [0.5, 0.6) is 23.0 Å². The molecule has 4 rings (SSSR count). The number of hydrogen-bond donors (Lipinski definition) is 1. The van der Waals surface area contributed by atoms with E-state index in [0.29, 0.717) is 38.5 Å². The molecule has 0 saturated carbocycles. The number of methoxy groups -OCH3 is 2. The Morgan fingerprint density at radius 1 is 1.16 bits per heavy atom. The molecule has 0 bridgehead atoms. The van der Waals surface area contributed by atoms with E-state index in [1.807, 2.05) is 31.2 Å². The molecule has 0 amide bonds. The lowest BCUT2D eigenvalue weighted by Gasteiger charge is -2.25. The van der Waals surface area contributed by atoms with Crippen LogP contribution in [0, 0.1) is 0 Å². The summed E-state index contributed by atoms with van der Waals surface area (Å²) in [6.45, 7) is 7.71. The number of benzene rings is 2. The van der Waals surface area contributed by atoms with Crippen molar-refractivity contribution in [1.29, 1.82) is 0 Å². The number of phenolic OH excluding ortho intramolecular Hbond substituents is 1. The molecule has 0 spiro atoms. The lowest BCUT2D eigenvalue weighted by Crippen LogP contribution is -2.40. The van der Waals surface area contributed by atoms with Gasteiger partial charge in [0.05, 0.1) is 48.8 Å². The number of ether oxygens (including phenoxy) is 4. The van der Waals surface area contributed by atoms with Crippen molar-refractivity contribution < 1.29 is 28.8 Å². The monoisotopic (exact) mass is 538 g/mol. The van der Waals surface area contributed by atoms with Gasteiger partial charge in [0.15, 0.2) is 16.3 Å². The number of thiazole rings is 1. The van der Waals surface area contributed by atoms with Crippen molar-refractivity contribution in [2.45, 2.75) is 39.8 Å². The molecule has 9 nitrogen and oxygen atoms in total. The second kappa shape index (κ2) is 11.1. The second-order valence-corrected chi connectivity index (χ2v) is 9.82. The predicted molar refractivity (Wildman–Crippen MR) is 144 cm³/mol. The Balaban J connectivity index is 1.92. The molecule has 3 aromatic rings. The number of aromatic hydroxyl groups is 1. The Kier molecular flexibility index (Phi) is 7.91. The van der Waals surface area contributed by atoms with E-state index >= 15 is 0 Å². The number of phenols is 1. The fourth-order valence-electron chi connectivity index (χ4n) is 4.24. The first-order valence-corrected chi connectivity index (χ1v) is 12.9. The molecule has 1 aromatic heterocycles. The van der Waals surface area contributed by atoms with Crippen LogP contribution in [0.2, 0.25) is 0 Å². The molecule has 0 saturated heterocycles. The molecule has 38 heavy (non-hydrogen) atoms. The van der Waals surface area contributed by atoms with Gasteiger partial charge in [0.1, 0.15) is 5.75 Å². The number of nitrogens with zero attached hydrogens (tertiary/aromatic N) is 2. The van der Waals surface area contributed by atoms with Crippen LogP contribution in [0.1, 0.15) is 44.9 Å². The fraction of sp³-hybridized carbons (Fsp3) is 0.321. The summed E-state index contributed by atoms with van der Waals surface area (Å²) in [5.74, 6) is 0.455. The average Bonchev–Trinajstić information content (AvgIpc) is 3.18. The number of aromatic nitrogens is 1. The van der Waals surface area contributed by atoms with E-state index in [0.717, 1.165) is 5.56 Å². The maximum atomic E-state index is 13.8. The number of rotatable bonds is 8. The van der Waals surface area contributed by atoms with Crippen LogP contribution in [-0.2, 0) is 9.53 Å². The molecule has 0 aliphatic carbocycles. The number of esters is 1. The minimum absolute atomic E-state index is 0.131. The van der Waals surface area contributed by atoms with Crippen molar-refractivity contribution in [1.82, 2.24) is 4.57 Å². The molecule has 1 N–H and O–H groups in total. The van der Waals surface area contributed by atoms with Gasteiger partial charge in [0, 0.05) is 0 Å². The zero-order chi connectivity index (χ0) is 27.6. The first-order chi connectivity index (χ1) is 18.2. The zero-order valence-electron chi connectivity index (χ0n) is 22.1. The van der Waals surface area contributed by atoms with Crippen LogP contribution in [0.25, 0.3) is 6.08 Å². The van der Waals surface area contributed by atoms with E-state index in [4.69, 9.17) is 18.9 Å². The maximum Gasteiger partial charge on any atom is 0.338 e. The first-order valence-electron chi connectivity index (χ1n) is 12.1. The number of carbonyl (C=O) groups excluding carboxylic acids is 1. The van der Waals surface area contributed by atoms with Gasteiger partial charge in [-0.25, -0.2) is 9.79 Å². The molecular weight excluding hydrogens is 508 g/mol. The summed E-state index contributed by atoms with van der Waals surface area (Å²) in [5, 5.41) is 10.3. The molecule has 2 heterocycles. The Morgan fingerprint density at radius 3 is 2.34 bits per heavy atom. The van der Waals surface area contributed by atoms with E-state index in [1.54, 1.807) is 39.0 Å². The summed E-state index contributed by atoms with van der Waals surface area (Å²) in [7, 11) is 2.87. The van der Waals surface area contributed by atoms with Crippen LogP contribution < -0.4 is 29.1 Å². The van der Waals surface area contributed by atoms with E-state index in [2.05, 4.69) is 4.99 Å². The van der Waals surface area contributed by atoms with Gasteiger partial charge in [0.2, 0.25) is 5.75 Å². The van der Waals surface area contributed by atoms with Gasteiger partial charge in [-0.3, -0.25) is 9.36 Å². The summed E-state index contributed by atoms with van der Waals surface area (Å²) in [5.41, 5.74) is 1.78. The number of fused-ring (bicyclic) bond motifs is 1. The Hall–Kier alpha value is -4.05. The molecule has 0 fully saturated rings. The minimum atomic E-state index is -0.737. The summed E-state index contributed by atoms with van der Waals surface area (Å²) in [6, 6.07) is 9.77.